The van der Waals surface area contributed by atoms with Crippen molar-refractivity contribution < 1.29 is 24.4 Å². The van der Waals surface area contributed by atoms with E-state index in [0.717, 1.165) is 17.3 Å². The molecule has 0 bridgehead atoms. The number of nitro groups is 1. The Balaban J connectivity index is 1.81. The van der Waals surface area contributed by atoms with Gasteiger partial charge in [0.1, 0.15) is 5.76 Å². The molecule has 8 nitrogen and oxygen atoms in total. The molecule has 4 rings (SSSR count). The van der Waals surface area contributed by atoms with Crippen molar-refractivity contribution in [3.63, 3.8) is 0 Å². The molecule has 1 N–H and O–H groups in total. The van der Waals surface area contributed by atoms with E-state index in [1.165, 1.54) is 29.2 Å². The fraction of sp³-hybridized carbons (Fsp3) is 0.273. The highest BCUT2D eigenvalue weighted by Crippen LogP contribution is 2.40. The van der Waals surface area contributed by atoms with E-state index in [4.69, 9.17) is 4.74 Å². The first kappa shape index (κ1) is 21.2. The third kappa shape index (κ3) is 4.11. The third-order valence-electron chi connectivity index (χ3n) is 5.50. The van der Waals surface area contributed by atoms with Crippen LogP contribution < -0.4 is 0 Å². The number of nitrogens with zero attached hydrogens (tertiary/aromatic N) is 2. The molecule has 2 atom stereocenters. The van der Waals surface area contributed by atoms with Gasteiger partial charge in [-0.1, -0.05) is 28.1 Å². The summed E-state index contributed by atoms with van der Waals surface area (Å²) in [6.45, 7) is 0.791. The number of halogens is 1. The van der Waals surface area contributed by atoms with Crippen molar-refractivity contribution in [1.82, 2.24) is 4.90 Å². The summed E-state index contributed by atoms with van der Waals surface area (Å²) in [4.78, 5) is 37.8. The smallest absolute Gasteiger partial charge is 0.295 e. The lowest BCUT2D eigenvalue weighted by Crippen LogP contribution is -2.36. The van der Waals surface area contributed by atoms with Gasteiger partial charge >= 0.3 is 0 Å². The molecule has 0 aromatic heterocycles. The lowest BCUT2D eigenvalue weighted by atomic mass is 9.95. The minimum Gasteiger partial charge on any atom is -0.507 e. The molecule has 160 valence electrons. The van der Waals surface area contributed by atoms with Crippen LogP contribution in [0.3, 0.4) is 0 Å². The van der Waals surface area contributed by atoms with E-state index < -0.39 is 22.7 Å². The van der Waals surface area contributed by atoms with E-state index in [1.54, 1.807) is 24.3 Å². The van der Waals surface area contributed by atoms with Gasteiger partial charge in [-0.2, -0.15) is 0 Å². The van der Waals surface area contributed by atoms with Gasteiger partial charge in [0.2, 0.25) is 0 Å². The van der Waals surface area contributed by atoms with E-state index in [2.05, 4.69) is 15.9 Å². The van der Waals surface area contributed by atoms with Crippen molar-refractivity contribution in [1.29, 1.82) is 0 Å². The molecule has 2 aromatic rings. The number of hydrogen-bond acceptors (Lipinski definition) is 6. The van der Waals surface area contributed by atoms with Crippen LogP contribution in [0.2, 0.25) is 0 Å². The second-order valence-electron chi connectivity index (χ2n) is 7.44. The van der Waals surface area contributed by atoms with Crippen molar-refractivity contribution >= 4 is 39.1 Å². The number of nitro benzene ring substituents is 1. The van der Waals surface area contributed by atoms with Gasteiger partial charge in [0.05, 0.1) is 22.6 Å². The predicted octanol–water partition coefficient (Wildman–Crippen LogP) is 3.96. The lowest BCUT2D eigenvalue weighted by Gasteiger charge is -2.27. The highest BCUT2D eigenvalue weighted by molar-refractivity contribution is 9.10. The Morgan fingerprint density at radius 2 is 1.84 bits per heavy atom. The first-order valence-corrected chi connectivity index (χ1v) is 10.6. The van der Waals surface area contributed by atoms with Gasteiger partial charge in [-0.3, -0.25) is 19.7 Å². The maximum absolute atomic E-state index is 13.0. The molecule has 0 radical (unpaired) electrons. The predicted molar refractivity (Wildman–Crippen MR) is 115 cm³/mol. The number of Topliss-reactive ketones (excluding diaryl/α,β-unsaturated/α-hetero) is 1. The van der Waals surface area contributed by atoms with Crippen LogP contribution in [0, 0.1) is 10.1 Å². The first-order chi connectivity index (χ1) is 14.9. The zero-order valence-corrected chi connectivity index (χ0v) is 17.9. The number of ether oxygens (including phenoxy) is 1. The number of non-ortho nitro benzene ring substituents is 1. The molecule has 0 aliphatic carbocycles. The summed E-state index contributed by atoms with van der Waals surface area (Å²) in [7, 11) is 0. The molecule has 9 heteroatoms. The van der Waals surface area contributed by atoms with Gasteiger partial charge < -0.3 is 14.7 Å². The highest BCUT2D eigenvalue weighted by Gasteiger charge is 2.47. The summed E-state index contributed by atoms with van der Waals surface area (Å²) < 4.78 is 6.45. The van der Waals surface area contributed by atoms with Crippen LogP contribution in [-0.2, 0) is 14.3 Å². The summed E-state index contributed by atoms with van der Waals surface area (Å²) in [5.41, 5.74) is 0.749. The monoisotopic (exact) mass is 486 g/mol. The SMILES string of the molecule is O=C1C(=O)N(CC2CCCO2)C(c2ccc([N+](=O)[O-])cc2)C1=C(O)c1ccc(Br)cc1. The number of ketones is 1. The number of likely N-dealkylation sites (tertiary alicyclic amines) is 1. The second kappa shape index (κ2) is 8.60. The average molecular weight is 487 g/mol. The molecule has 2 aliphatic heterocycles. The fourth-order valence-corrected chi connectivity index (χ4v) is 4.23. The number of hydrogen-bond donors (Lipinski definition) is 1. The Labute approximate surface area is 186 Å². The number of carbonyl (C=O) groups is 2. The third-order valence-corrected chi connectivity index (χ3v) is 6.03. The van der Waals surface area contributed by atoms with Crippen LogP contribution in [0.5, 0.6) is 0 Å². The fourth-order valence-electron chi connectivity index (χ4n) is 3.96. The van der Waals surface area contributed by atoms with Crippen LogP contribution in [0.1, 0.15) is 30.0 Å². The van der Waals surface area contributed by atoms with Gasteiger partial charge in [-0.05, 0) is 42.7 Å². The number of aliphatic hydroxyl groups excluding tert-OH is 1. The number of rotatable bonds is 5. The van der Waals surface area contributed by atoms with Crippen LogP contribution in [0.4, 0.5) is 5.69 Å². The topological polar surface area (TPSA) is 110 Å². The van der Waals surface area contributed by atoms with Gasteiger partial charge in [0, 0.05) is 35.3 Å². The molecule has 2 aliphatic rings. The van der Waals surface area contributed by atoms with Crippen molar-refractivity contribution in [3.05, 3.63) is 79.8 Å². The highest BCUT2D eigenvalue weighted by atomic mass is 79.9. The maximum atomic E-state index is 13.0. The van der Waals surface area contributed by atoms with Gasteiger partial charge in [-0.15, -0.1) is 0 Å². The Morgan fingerprint density at radius 1 is 1.16 bits per heavy atom. The molecule has 0 saturated carbocycles. The number of amides is 1. The molecule has 2 aromatic carbocycles. The van der Waals surface area contributed by atoms with E-state index in [1.807, 2.05) is 0 Å². The van der Waals surface area contributed by atoms with E-state index in [-0.39, 0.29) is 29.7 Å². The Morgan fingerprint density at radius 3 is 2.42 bits per heavy atom. The normalized spacial score (nSPS) is 22.8. The summed E-state index contributed by atoms with van der Waals surface area (Å²) >= 11 is 3.33. The van der Waals surface area contributed by atoms with E-state index >= 15 is 0 Å². The zero-order valence-electron chi connectivity index (χ0n) is 16.4. The molecular formula is C22H19BrN2O6. The van der Waals surface area contributed by atoms with Gasteiger partial charge in [-0.25, -0.2) is 0 Å². The number of carbonyl (C=O) groups excluding carboxylic acids is 2. The second-order valence-corrected chi connectivity index (χ2v) is 8.36. The Bertz CT molecular complexity index is 1060. The molecule has 2 saturated heterocycles. The molecule has 31 heavy (non-hydrogen) atoms. The average Bonchev–Trinajstić information content (AvgIpc) is 3.36. The van der Waals surface area contributed by atoms with E-state index in [9.17, 15) is 24.8 Å². The number of benzene rings is 2. The van der Waals surface area contributed by atoms with E-state index in [0.29, 0.717) is 17.7 Å². The van der Waals surface area contributed by atoms with Crippen LogP contribution in [0.25, 0.3) is 5.76 Å². The molecule has 0 spiro atoms. The first-order valence-electron chi connectivity index (χ1n) is 9.77. The summed E-state index contributed by atoms with van der Waals surface area (Å²) in [5, 5.41) is 22.0. The summed E-state index contributed by atoms with van der Waals surface area (Å²) in [6.07, 6.45) is 1.43. The van der Waals surface area contributed by atoms with Crippen LogP contribution >= 0.6 is 15.9 Å². The lowest BCUT2D eigenvalue weighted by molar-refractivity contribution is -0.384. The molecule has 2 fully saturated rings. The van der Waals surface area contributed by atoms with Crippen LogP contribution in [0.15, 0.2) is 58.6 Å². The molecule has 2 unspecified atom stereocenters. The van der Waals surface area contributed by atoms with Gasteiger partial charge in [0.25, 0.3) is 17.4 Å². The largest absolute Gasteiger partial charge is 0.507 e. The van der Waals surface area contributed by atoms with Crippen LogP contribution in [-0.4, -0.2) is 45.9 Å². The van der Waals surface area contributed by atoms with Crippen molar-refractivity contribution in [2.24, 2.45) is 0 Å². The van der Waals surface area contributed by atoms with Crippen molar-refractivity contribution in [3.8, 4) is 0 Å². The van der Waals surface area contributed by atoms with Crippen molar-refractivity contribution in [2.75, 3.05) is 13.2 Å². The Kier molecular flexibility index (Phi) is 5.88. The zero-order chi connectivity index (χ0) is 22.1. The minimum absolute atomic E-state index is 0.0424. The van der Waals surface area contributed by atoms with Gasteiger partial charge in [0.15, 0.2) is 0 Å². The minimum atomic E-state index is -0.867. The standard InChI is InChI=1S/C22H19BrN2O6/c23-15-7-3-14(4-8-15)20(26)18-19(13-5-9-16(10-6-13)25(29)30)24(22(28)21(18)27)12-17-2-1-11-31-17/h3-10,17,19,26H,1-2,11-12H2. The summed E-state index contributed by atoms with van der Waals surface area (Å²) in [5.74, 6) is -1.80. The quantitative estimate of drug-likeness (QED) is 0.225. The molecule has 2 heterocycles. The maximum Gasteiger partial charge on any atom is 0.295 e. The molecule has 1 amide bonds. The van der Waals surface area contributed by atoms with Crippen molar-refractivity contribution in [2.45, 2.75) is 25.0 Å². The number of aliphatic hydroxyl groups is 1. The summed E-state index contributed by atoms with van der Waals surface area (Å²) in [6, 6.07) is 11.5. The molecular weight excluding hydrogens is 468 g/mol. The Hall–Kier alpha value is -3.04.